The number of phenols is 3. The molecule has 3 rings (SSSR count). The molecule has 2 aromatic rings. The number of aromatic carboxylic acids is 1. The van der Waals surface area contributed by atoms with Crippen LogP contribution in [-0.4, -0.2) is 43.5 Å². The summed E-state index contributed by atoms with van der Waals surface area (Å²) in [4.78, 5) is 23.8. The zero-order valence-corrected chi connectivity index (χ0v) is 17.2. The van der Waals surface area contributed by atoms with Crippen LogP contribution in [0.3, 0.4) is 0 Å². The lowest BCUT2D eigenvalue weighted by Crippen LogP contribution is -2.29. The molecule has 32 heavy (non-hydrogen) atoms. The number of nitrogens with one attached hydrogen (secondary N) is 2. The molecule has 0 spiro atoms. The molecule has 1 aliphatic rings. The monoisotopic (exact) mass is 440 g/mol. The quantitative estimate of drug-likeness (QED) is 0.283. The maximum atomic E-state index is 12.5. The number of anilines is 2. The molecule has 1 amide bonds. The van der Waals surface area contributed by atoms with E-state index in [-0.39, 0.29) is 46.2 Å². The van der Waals surface area contributed by atoms with Crippen molar-refractivity contribution in [2.75, 3.05) is 10.6 Å². The van der Waals surface area contributed by atoms with E-state index >= 15 is 0 Å². The van der Waals surface area contributed by atoms with E-state index in [2.05, 4.69) is 10.6 Å². The van der Waals surface area contributed by atoms with Gasteiger partial charge in [-0.1, -0.05) is 31.2 Å². The van der Waals surface area contributed by atoms with Crippen molar-refractivity contribution in [2.24, 2.45) is 5.92 Å². The predicted molar refractivity (Wildman–Crippen MR) is 118 cm³/mol. The smallest absolute Gasteiger partial charge is 0.335 e. The van der Waals surface area contributed by atoms with Gasteiger partial charge in [-0.15, -0.1) is 0 Å². The molecule has 2 aromatic carbocycles. The number of allylic oxidation sites excluding steroid dienone is 2. The zero-order chi connectivity index (χ0) is 23.4. The summed E-state index contributed by atoms with van der Waals surface area (Å²) >= 11 is 0. The Morgan fingerprint density at radius 2 is 1.78 bits per heavy atom. The van der Waals surface area contributed by atoms with Crippen LogP contribution in [0.15, 0.2) is 54.6 Å². The number of aromatic hydroxyl groups is 3. The van der Waals surface area contributed by atoms with E-state index in [0.717, 1.165) is 6.07 Å². The molecule has 168 valence electrons. The molecule has 7 N–H and O–H groups in total. The highest BCUT2D eigenvalue weighted by molar-refractivity contribution is 5.95. The van der Waals surface area contributed by atoms with Crippen molar-refractivity contribution in [3.8, 4) is 17.2 Å². The molecule has 0 saturated carbocycles. The van der Waals surface area contributed by atoms with Crippen LogP contribution >= 0.6 is 0 Å². The highest BCUT2D eigenvalue weighted by atomic mass is 16.4. The summed E-state index contributed by atoms with van der Waals surface area (Å²) in [7, 11) is 0. The van der Waals surface area contributed by atoms with Gasteiger partial charge in [0, 0.05) is 23.4 Å². The Kier molecular flexibility index (Phi) is 6.70. The summed E-state index contributed by atoms with van der Waals surface area (Å²) in [6.45, 7) is 1.53. The van der Waals surface area contributed by atoms with Gasteiger partial charge in [0.15, 0.2) is 0 Å². The minimum absolute atomic E-state index is 0.0369. The van der Waals surface area contributed by atoms with Gasteiger partial charge in [0.25, 0.3) is 0 Å². The molecule has 0 unspecified atom stereocenters. The van der Waals surface area contributed by atoms with Crippen LogP contribution in [0.25, 0.3) is 0 Å². The molecule has 9 nitrogen and oxygen atoms in total. The van der Waals surface area contributed by atoms with Crippen LogP contribution in [0, 0.1) is 5.92 Å². The first-order chi connectivity index (χ1) is 15.2. The van der Waals surface area contributed by atoms with E-state index in [0.29, 0.717) is 0 Å². The summed E-state index contributed by atoms with van der Waals surface area (Å²) in [5.74, 6) is -3.36. The number of benzene rings is 2. The number of hydrogen-bond donors (Lipinski definition) is 7. The van der Waals surface area contributed by atoms with Gasteiger partial charge in [-0.2, -0.15) is 0 Å². The van der Waals surface area contributed by atoms with Crippen LogP contribution in [-0.2, 0) is 4.79 Å². The number of aliphatic hydroxyl groups excluding tert-OH is 1. The number of fused-ring (bicyclic) bond motifs is 2. The number of amides is 1. The maximum absolute atomic E-state index is 12.5. The Morgan fingerprint density at radius 1 is 1.06 bits per heavy atom. The summed E-state index contributed by atoms with van der Waals surface area (Å²) in [6, 6.07) is 5.61. The molecule has 2 bridgehead atoms. The number of carboxylic acids is 1. The molecule has 0 aromatic heterocycles. The highest BCUT2D eigenvalue weighted by Crippen LogP contribution is 2.39. The molecule has 0 fully saturated rings. The van der Waals surface area contributed by atoms with Crippen molar-refractivity contribution in [3.63, 3.8) is 0 Å². The fourth-order valence-corrected chi connectivity index (χ4v) is 3.32. The van der Waals surface area contributed by atoms with Gasteiger partial charge in [-0.25, -0.2) is 4.79 Å². The average Bonchev–Trinajstić information content (AvgIpc) is 2.73. The lowest BCUT2D eigenvalue weighted by atomic mass is 9.99. The van der Waals surface area contributed by atoms with Crippen molar-refractivity contribution in [2.45, 2.75) is 25.5 Å². The second-order valence-electron chi connectivity index (χ2n) is 7.52. The summed E-state index contributed by atoms with van der Waals surface area (Å²) in [6.07, 6.45) is 5.67. The summed E-state index contributed by atoms with van der Waals surface area (Å²) in [5, 5.41) is 55.9. The highest BCUT2D eigenvalue weighted by Gasteiger charge is 2.24. The molecule has 0 radical (unpaired) electrons. The third kappa shape index (κ3) is 5.19. The fraction of sp³-hybridized carbons (Fsp3) is 0.217. The topological polar surface area (TPSA) is 159 Å². The van der Waals surface area contributed by atoms with Crippen LogP contribution < -0.4 is 10.6 Å². The standard InChI is InChI=1S/C23H24N2O7/c1-12-20(28)6-4-2-3-5-18(24-14-7-13(23(31)32)8-15(26)9-14)17-10-16(27)11-19(21(17)29)25-22(12)30/h2-4,6-12,18,20,24,26-29H,5H2,1H3,(H,25,30)(H,31,32)/b3-2-,6-4-/t12-,18+,20-/m1/s1. The van der Waals surface area contributed by atoms with Crippen molar-refractivity contribution in [3.05, 3.63) is 65.8 Å². The zero-order valence-electron chi connectivity index (χ0n) is 17.2. The average molecular weight is 440 g/mol. The Labute approximate surface area is 184 Å². The second kappa shape index (κ2) is 9.44. The fourth-order valence-electron chi connectivity index (χ4n) is 3.32. The van der Waals surface area contributed by atoms with Crippen LogP contribution in [0.1, 0.15) is 35.3 Å². The first-order valence-electron chi connectivity index (χ1n) is 9.87. The van der Waals surface area contributed by atoms with Gasteiger partial charge < -0.3 is 36.2 Å². The van der Waals surface area contributed by atoms with Crippen molar-refractivity contribution >= 4 is 23.3 Å². The Hall–Kier alpha value is -3.98. The number of rotatable bonds is 3. The van der Waals surface area contributed by atoms with E-state index < -0.39 is 29.9 Å². The van der Waals surface area contributed by atoms with Crippen LogP contribution in [0.2, 0.25) is 0 Å². The molecule has 1 aliphatic heterocycles. The van der Waals surface area contributed by atoms with Gasteiger partial charge in [0.1, 0.15) is 17.2 Å². The molecule has 9 heteroatoms. The second-order valence-corrected chi connectivity index (χ2v) is 7.52. The van der Waals surface area contributed by atoms with Gasteiger partial charge >= 0.3 is 5.97 Å². The molecule has 0 aliphatic carbocycles. The van der Waals surface area contributed by atoms with E-state index in [1.165, 1.54) is 37.3 Å². The minimum atomic E-state index is -1.22. The van der Waals surface area contributed by atoms with E-state index in [4.69, 9.17) is 0 Å². The maximum Gasteiger partial charge on any atom is 0.335 e. The molecule has 1 heterocycles. The molecular formula is C23H24N2O7. The summed E-state index contributed by atoms with van der Waals surface area (Å²) < 4.78 is 0. The van der Waals surface area contributed by atoms with Gasteiger partial charge in [-0.3, -0.25) is 4.79 Å². The summed E-state index contributed by atoms with van der Waals surface area (Å²) in [5.41, 5.74) is 0.344. The number of carbonyl (C=O) groups excluding carboxylic acids is 1. The van der Waals surface area contributed by atoms with Gasteiger partial charge in [0.05, 0.1) is 29.3 Å². The Balaban J connectivity index is 2.07. The number of hydrogen-bond acceptors (Lipinski definition) is 7. The first kappa shape index (κ1) is 22.7. The lowest BCUT2D eigenvalue weighted by Gasteiger charge is -2.23. The Bertz CT molecular complexity index is 1090. The molecular weight excluding hydrogens is 416 g/mol. The normalized spacial score (nSPS) is 23.1. The van der Waals surface area contributed by atoms with E-state index in [1.54, 1.807) is 18.2 Å². The number of carbonyl (C=O) groups is 2. The van der Waals surface area contributed by atoms with Crippen LogP contribution in [0.5, 0.6) is 17.2 Å². The molecule has 3 atom stereocenters. The third-order valence-corrected chi connectivity index (χ3v) is 5.12. The van der Waals surface area contributed by atoms with Crippen molar-refractivity contribution in [1.82, 2.24) is 0 Å². The lowest BCUT2D eigenvalue weighted by molar-refractivity contribution is -0.121. The van der Waals surface area contributed by atoms with Gasteiger partial charge in [0.2, 0.25) is 5.91 Å². The molecule has 0 saturated heterocycles. The Morgan fingerprint density at radius 3 is 2.50 bits per heavy atom. The minimum Gasteiger partial charge on any atom is -0.508 e. The van der Waals surface area contributed by atoms with E-state index in [1.807, 2.05) is 0 Å². The number of carboxylic acid groups (broad SMARTS) is 1. The number of aliphatic hydroxyl groups is 1. The van der Waals surface area contributed by atoms with Crippen molar-refractivity contribution < 1.29 is 35.1 Å². The van der Waals surface area contributed by atoms with Gasteiger partial charge in [-0.05, 0) is 24.6 Å². The number of phenolic OH excluding ortho intramolecular Hbond substituents is 3. The van der Waals surface area contributed by atoms with Crippen molar-refractivity contribution in [1.29, 1.82) is 0 Å². The largest absolute Gasteiger partial charge is 0.508 e. The SMILES string of the molecule is C[C@H]1C(=O)Nc2cc(O)cc(c2O)[C@@H](Nc2cc(O)cc(C(=O)O)c2)C/C=C\C=C/[C@H]1O. The van der Waals surface area contributed by atoms with Crippen LogP contribution in [0.4, 0.5) is 11.4 Å². The third-order valence-electron chi connectivity index (χ3n) is 5.12. The predicted octanol–water partition coefficient (Wildman–Crippen LogP) is 3.11. The van der Waals surface area contributed by atoms with E-state index in [9.17, 15) is 35.1 Å². The first-order valence-corrected chi connectivity index (χ1v) is 9.87.